The minimum absolute atomic E-state index is 0.00293. The second-order valence-corrected chi connectivity index (χ2v) is 6.28. The molecule has 1 aromatic carbocycles. The van der Waals surface area contributed by atoms with Gasteiger partial charge in [0.2, 0.25) is 0 Å². The zero-order valence-corrected chi connectivity index (χ0v) is 15.7. The lowest BCUT2D eigenvalue weighted by Crippen LogP contribution is -2.28. The van der Waals surface area contributed by atoms with Crippen molar-refractivity contribution in [2.75, 3.05) is 19.6 Å². The molecular weight excluding hydrogens is 388 g/mol. The topological polar surface area (TPSA) is 178 Å². The van der Waals surface area contributed by atoms with Crippen molar-refractivity contribution in [1.82, 2.24) is 10.6 Å². The summed E-state index contributed by atoms with van der Waals surface area (Å²) in [5.74, 6) is -2.10. The number of carboxylic acids is 1. The minimum Gasteiger partial charge on any atom is -0.481 e. The molecule has 0 radical (unpaired) electrons. The van der Waals surface area contributed by atoms with E-state index in [-0.39, 0.29) is 24.5 Å². The number of carbonyl (C=O) groups excluding carboxylic acids is 2. The average Bonchev–Trinajstić information content (AvgIpc) is 3.17. The van der Waals surface area contributed by atoms with Crippen molar-refractivity contribution in [3.63, 3.8) is 0 Å². The lowest BCUT2D eigenvalue weighted by atomic mass is 10.3. The van der Waals surface area contributed by atoms with E-state index in [9.17, 15) is 18.6 Å². The molecule has 7 N–H and O–H groups in total. The summed E-state index contributed by atoms with van der Waals surface area (Å²) in [5.41, 5.74) is 5.23. The summed E-state index contributed by atoms with van der Waals surface area (Å²) in [4.78, 5) is 33.9. The number of benzene rings is 1. The first-order valence-electron chi connectivity index (χ1n) is 8.14. The number of hydrogen-bond acceptors (Lipinski definition) is 6. The molecule has 0 spiro atoms. The Hall–Kier alpha value is -3.02. The Balaban J connectivity index is 0.000000362. The van der Waals surface area contributed by atoms with E-state index in [1.54, 1.807) is 24.3 Å². The highest BCUT2D eigenvalue weighted by Crippen LogP contribution is 2.07. The number of hydrogen-bond donors (Lipinski definition) is 5. The van der Waals surface area contributed by atoms with Crippen LogP contribution in [0, 0.1) is 0 Å². The lowest BCUT2D eigenvalue weighted by Gasteiger charge is -2.01. The van der Waals surface area contributed by atoms with Gasteiger partial charge in [-0.25, -0.2) is 9.35 Å². The number of furan rings is 1. The van der Waals surface area contributed by atoms with Gasteiger partial charge in [-0.2, -0.15) is 0 Å². The van der Waals surface area contributed by atoms with Crippen LogP contribution in [0.3, 0.4) is 0 Å². The number of nitrogens with one attached hydrogen (secondary N) is 2. The van der Waals surface area contributed by atoms with Crippen molar-refractivity contribution in [3.8, 4) is 0 Å². The van der Waals surface area contributed by atoms with Crippen molar-refractivity contribution in [2.45, 2.75) is 11.3 Å². The fourth-order valence-corrected chi connectivity index (χ4v) is 2.20. The van der Waals surface area contributed by atoms with Crippen molar-refractivity contribution in [2.24, 2.45) is 10.9 Å². The molecule has 0 aliphatic carbocycles. The number of carboxylic acid groups (broad SMARTS) is 1. The van der Waals surface area contributed by atoms with Crippen molar-refractivity contribution in [1.29, 1.82) is 0 Å². The molecule has 152 valence electrons. The molecule has 11 heteroatoms. The molecule has 1 unspecified atom stereocenters. The molecule has 0 aliphatic rings. The van der Waals surface area contributed by atoms with E-state index in [2.05, 4.69) is 10.6 Å². The third kappa shape index (κ3) is 8.58. The highest BCUT2D eigenvalue weighted by atomic mass is 32.2. The van der Waals surface area contributed by atoms with E-state index in [1.807, 2.05) is 6.07 Å². The molecule has 2 rings (SSSR count). The number of amides is 2. The van der Waals surface area contributed by atoms with Crippen LogP contribution in [0.15, 0.2) is 51.8 Å². The summed E-state index contributed by atoms with van der Waals surface area (Å²) in [7, 11) is -1.33. The molecule has 1 atom stereocenters. The Morgan fingerprint density at radius 1 is 0.964 bits per heavy atom. The normalized spacial score (nSPS) is 10.9. The average molecular weight is 410 g/mol. The molecule has 0 saturated carbocycles. The zero-order valence-electron chi connectivity index (χ0n) is 14.9. The highest BCUT2D eigenvalue weighted by Gasteiger charge is 2.15. The van der Waals surface area contributed by atoms with Crippen LogP contribution in [-0.2, 0) is 15.8 Å². The molecule has 28 heavy (non-hydrogen) atoms. The van der Waals surface area contributed by atoms with Crippen LogP contribution in [0.4, 0.5) is 0 Å². The van der Waals surface area contributed by atoms with Crippen LogP contribution >= 0.6 is 0 Å². The summed E-state index contributed by atoms with van der Waals surface area (Å²) in [5, 5.41) is 18.4. The molecular formula is C17H22N4O6S. The molecule has 1 aromatic heterocycles. The SMILES string of the molecule is NCCNC(=O)c1ccc(C(=O)NCCC(=O)O)o1.NS(=O)c1ccccc1. The number of aliphatic carboxylic acids is 1. The van der Waals surface area contributed by atoms with Crippen LogP contribution < -0.4 is 21.5 Å². The summed E-state index contributed by atoms with van der Waals surface area (Å²) in [6.45, 7) is 0.595. The van der Waals surface area contributed by atoms with Gasteiger partial charge in [-0.05, 0) is 24.3 Å². The molecule has 10 nitrogen and oxygen atoms in total. The Labute approximate surface area is 163 Å². The smallest absolute Gasteiger partial charge is 0.305 e. The van der Waals surface area contributed by atoms with E-state index >= 15 is 0 Å². The lowest BCUT2D eigenvalue weighted by molar-refractivity contribution is -0.136. The van der Waals surface area contributed by atoms with Gasteiger partial charge in [-0.3, -0.25) is 14.4 Å². The fraction of sp³-hybridized carbons (Fsp3) is 0.235. The predicted octanol–water partition coefficient (Wildman–Crippen LogP) is -0.159. The molecule has 0 aliphatic heterocycles. The van der Waals surface area contributed by atoms with Crippen LogP contribution in [0.5, 0.6) is 0 Å². The van der Waals surface area contributed by atoms with E-state index in [0.29, 0.717) is 18.0 Å². The first-order valence-corrected chi connectivity index (χ1v) is 9.35. The molecule has 2 amide bonds. The van der Waals surface area contributed by atoms with Gasteiger partial charge in [0, 0.05) is 19.6 Å². The van der Waals surface area contributed by atoms with E-state index in [0.717, 1.165) is 0 Å². The third-order valence-electron chi connectivity index (χ3n) is 3.08. The van der Waals surface area contributed by atoms with Crippen molar-refractivity contribution < 1.29 is 28.1 Å². The molecule has 2 aromatic rings. The van der Waals surface area contributed by atoms with Crippen LogP contribution in [0.2, 0.25) is 0 Å². The first-order chi connectivity index (χ1) is 13.3. The van der Waals surface area contributed by atoms with Crippen molar-refractivity contribution in [3.05, 3.63) is 54.0 Å². The fourth-order valence-electron chi connectivity index (χ4n) is 1.78. The predicted molar refractivity (Wildman–Crippen MR) is 102 cm³/mol. The highest BCUT2D eigenvalue weighted by molar-refractivity contribution is 7.82. The Morgan fingerprint density at radius 3 is 1.93 bits per heavy atom. The van der Waals surface area contributed by atoms with Gasteiger partial charge in [-0.15, -0.1) is 0 Å². The summed E-state index contributed by atoms with van der Waals surface area (Å²) in [6, 6.07) is 11.6. The minimum atomic E-state index is -1.33. The van der Waals surface area contributed by atoms with Gasteiger partial charge in [0.25, 0.3) is 11.8 Å². The van der Waals surface area contributed by atoms with Crippen LogP contribution in [0.25, 0.3) is 0 Å². The van der Waals surface area contributed by atoms with Gasteiger partial charge in [0.05, 0.1) is 11.3 Å². The van der Waals surface area contributed by atoms with E-state index in [4.69, 9.17) is 20.4 Å². The molecule has 0 bridgehead atoms. The third-order valence-corrected chi connectivity index (χ3v) is 3.82. The second-order valence-electron chi connectivity index (χ2n) is 5.22. The van der Waals surface area contributed by atoms with Gasteiger partial charge in [0.15, 0.2) is 11.5 Å². The van der Waals surface area contributed by atoms with E-state index in [1.165, 1.54) is 12.1 Å². The number of nitrogens with two attached hydrogens (primary N) is 2. The number of rotatable bonds is 8. The van der Waals surface area contributed by atoms with Gasteiger partial charge in [0.1, 0.15) is 11.0 Å². The summed E-state index contributed by atoms with van der Waals surface area (Å²) < 4.78 is 15.6. The van der Waals surface area contributed by atoms with Crippen molar-refractivity contribution >= 4 is 28.8 Å². The van der Waals surface area contributed by atoms with Crippen LogP contribution in [-0.4, -0.2) is 46.7 Å². The molecule has 0 fully saturated rings. The summed E-state index contributed by atoms with van der Waals surface area (Å²) in [6.07, 6.45) is -0.184. The largest absolute Gasteiger partial charge is 0.481 e. The van der Waals surface area contributed by atoms with Gasteiger partial charge < -0.3 is 25.9 Å². The number of carbonyl (C=O) groups is 3. The van der Waals surface area contributed by atoms with Gasteiger partial charge >= 0.3 is 5.97 Å². The Kier molecular flexibility index (Phi) is 10.2. The van der Waals surface area contributed by atoms with Crippen LogP contribution in [0.1, 0.15) is 27.5 Å². The second kappa shape index (κ2) is 12.4. The Bertz CT molecular complexity index is 809. The summed E-state index contributed by atoms with van der Waals surface area (Å²) >= 11 is 0. The maximum absolute atomic E-state index is 11.5. The molecule has 0 saturated heterocycles. The monoisotopic (exact) mass is 410 g/mol. The first kappa shape index (κ1) is 23.0. The molecule has 1 heterocycles. The van der Waals surface area contributed by atoms with E-state index < -0.39 is 28.8 Å². The quantitative estimate of drug-likeness (QED) is 0.401. The zero-order chi connectivity index (χ0) is 20.9. The van der Waals surface area contributed by atoms with Gasteiger partial charge in [-0.1, -0.05) is 18.2 Å². The Morgan fingerprint density at radius 2 is 1.50 bits per heavy atom. The standard InChI is InChI=1S/C11H15N3O5.C6H7NOS/c12-4-6-14-11(18)8-2-1-7(19-8)10(17)13-5-3-9(15)16;7-9(8)6-4-2-1-3-5-6/h1-2H,3-6,12H2,(H,13,17)(H,14,18)(H,15,16);1-5H,7H2. The maximum Gasteiger partial charge on any atom is 0.305 e. The maximum atomic E-state index is 11.5.